The number of nitrogens with zero attached hydrogens (tertiary/aromatic N) is 3. The van der Waals surface area contributed by atoms with Crippen LogP contribution in [0.5, 0.6) is 0 Å². The van der Waals surface area contributed by atoms with Gasteiger partial charge in [0.1, 0.15) is 16.6 Å². The molecule has 0 atom stereocenters. The van der Waals surface area contributed by atoms with Gasteiger partial charge in [0.15, 0.2) is 0 Å². The lowest BCUT2D eigenvalue weighted by molar-refractivity contribution is 0.628. The Hall–Kier alpha value is -1.46. The minimum atomic E-state index is -0.273. The molecule has 98 valence electrons. The first-order valence-corrected chi connectivity index (χ1v) is 7.20. The van der Waals surface area contributed by atoms with Crippen LogP contribution in [0.25, 0.3) is 11.0 Å². The molecule has 3 aromatic rings. The maximum absolute atomic E-state index is 13.4. The summed E-state index contributed by atoms with van der Waals surface area (Å²) in [5.41, 5.74) is 2.50. The van der Waals surface area contributed by atoms with Crippen LogP contribution in [0.3, 0.4) is 0 Å². The zero-order valence-corrected chi connectivity index (χ0v) is 11.8. The molecule has 0 aliphatic carbocycles. The van der Waals surface area contributed by atoms with Crippen molar-refractivity contribution in [3.8, 4) is 0 Å². The Morgan fingerprint density at radius 1 is 1.37 bits per heavy atom. The van der Waals surface area contributed by atoms with Crippen molar-refractivity contribution in [3.05, 3.63) is 45.9 Å². The molecule has 0 spiro atoms. The highest BCUT2D eigenvalue weighted by Gasteiger charge is 2.12. The fourth-order valence-corrected chi connectivity index (χ4v) is 3.00. The Kier molecular flexibility index (Phi) is 3.24. The van der Waals surface area contributed by atoms with E-state index in [0.29, 0.717) is 12.4 Å². The van der Waals surface area contributed by atoms with Crippen molar-refractivity contribution in [2.75, 3.05) is 0 Å². The first-order valence-electron chi connectivity index (χ1n) is 5.79. The molecule has 0 aliphatic rings. The molecular formula is C13H11ClFN3S. The lowest BCUT2D eigenvalue weighted by Crippen LogP contribution is -2.03. The van der Waals surface area contributed by atoms with Crippen LogP contribution in [0.15, 0.2) is 23.6 Å². The van der Waals surface area contributed by atoms with E-state index in [1.807, 2.05) is 16.9 Å². The second-order valence-corrected chi connectivity index (χ2v) is 5.47. The molecule has 0 N–H and O–H groups in total. The lowest BCUT2D eigenvalue weighted by atomic mass is 10.3. The van der Waals surface area contributed by atoms with E-state index in [4.69, 9.17) is 11.6 Å². The number of aromatic nitrogens is 3. The van der Waals surface area contributed by atoms with Crippen LogP contribution < -0.4 is 0 Å². The third-order valence-corrected chi connectivity index (χ3v) is 4.06. The second-order valence-electron chi connectivity index (χ2n) is 4.26. The predicted octanol–water partition coefficient (Wildman–Crippen LogP) is 3.73. The van der Waals surface area contributed by atoms with Gasteiger partial charge in [0.2, 0.25) is 0 Å². The largest absolute Gasteiger partial charge is 0.320 e. The molecule has 2 heterocycles. The average molecular weight is 296 g/mol. The Balaban J connectivity index is 2.12. The summed E-state index contributed by atoms with van der Waals surface area (Å²) in [6.45, 7) is 2.52. The van der Waals surface area contributed by atoms with Gasteiger partial charge in [-0.15, -0.1) is 22.9 Å². The number of thiazole rings is 1. The van der Waals surface area contributed by atoms with Crippen molar-refractivity contribution >= 4 is 34.0 Å². The molecule has 3 rings (SSSR count). The SMILES string of the molecule is Cc1csc(Cn2c(CCl)nc3ccc(F)cc32)n1. The molecule has 0 amide bonds. The number of aryl methyl sites for hydroxylation is 1. The molecule has 0 saturated carbocycles. The van der Waals surface area contributed by atoms with E-state index < -0.39 is 0 Å². The van der Waals surface area contributed by atoms with Gasteiger partial charge in [0, 0.05) is 11.1 Å². The minimum absolute atomic E-state index is 0.273. The molecule has 0 saturated heterocycles. The van der Waals surface area contributed by atoms with Crippen LogP contribution in [-0.4, -0.2) is 14.5 Å². The maximum atomic E-state index is 13.4. The highest BCUT2D eigenvalue weighted by molar-refractivity contribution is 7.09. The Bertz CT molecular complexity index is 735. The van der Waals surface area contributed by atoms with Crippen LogP contribution in [0.1, 0.15) is 16.5 Å². The fourth-order valence-electron chi connectivity index (χ4n) is 2.03. The fraction of sp³-hybridized carbons (Fsp3) is 0.231. The summed E-state index contributed by atoms with van der Waals surface area (Å²) < 4.78 is 15.3. The topological polar surface area (TPSA) is 30.7 Å². The Morgan fingerprint density at radius 2 is 2.21 bits per heavy atom. The zero-order valence-electron chi connectivity index (χ0n) is 10.2. The zero-order chi connectivity index (χ0) is 13.4. The summed E-state index contributed by atoms with van der Waals surface area (Å²) in [6, 6.07) is 4.56. The van der Waals surface area contributed by atoms with Crippen molar-refractivity contribution in [2.45, 2.75) is 19.3 Å². The van der Waals surface area contributed by atoms with E-state index in [2.05, 4.69) is 9.97 Å². The third-order valence-electron chi connectivity index (χ3n) is 2.87. The molecule has 3 nitrogen and oxygen atoms in total. The van der Waals surface area contributed by atoms with Gasteiger partial charge in [0.05, 0.1) is 23.5 Å². The van der Waals surface area contributed by atoms with E-state index in [9.17, 15) is 4.39 Å². The third kappa shape index (κ3) is 2.35. The quantitative estimate of drug-likeness (QED) is 0.689. The van der Waals surface area contributed by atoms with E-state index in [0.717, 1.165) is 27.6 Å². The number of hydrogen-bond donors (Lipinski definition) is 0. The molecule has 0 unspecified atom stereocenters. The summed E-state index contributed by atoms with van der Waals surface area (Å²) >= 11 is 7.50. The van der Waals surface area contributed by atoms with Crippen molar-refractivity contribution in [3.63, 3.8) is 0 Å². The van der Waals surface area contributed by atoms with Crippen molar-refractivity contribution in [1.29, 1.82) is 0 Å². The van der Waals surface area contributed by atoms with Gasteiger partial charge in [-0.2, -0.15) is 0 Å². The summed E-state index contributed by atoms with van der Waals surface area (Å²) in [6.07, 6.45) is 0. The molecule has 2 aromatic heterocycles. The Labute approximate surface area is 118 Å². The Morgan fingerprint density at radius 3 is 2.89 bits per heavy atom. The van der Waals surface area contributed by atoms with Crippen LogP contribution in [0.2, 0.25) is 0 Å². The van der Waals surface area contributed by atoms with Crippen LogP contribution >= 0.6 is 22.9 Å². The van der Waals surface area contributed by atoms with Crippen LogP contribution in [-0.2, 0) is 12.4 Å². The van der Waals surface area contributed by atoms with Gasteiger partial charge in [0.25, 0.3) is 0 Å². The molecule has 0 aliphatic heterocycles. The predicted molar refractivity (Wildman–Crippen MR) is 75.2 cm³/mol. The van der Waals surface area contributed by atoms with E-state index in [1.165, 1.54) is 12.1 Å². The molecule has 0 bridgehead atoms. The monoisotopic (exact) mass is 295 g/mol. The standard InChI is InChI=1S/C13H11ClFN3S/c1-8-7-19-13(16-8)6-18-11-4-9(15)2-3-10(11)17-12(18)5-14/h2-4,7H,5-6H2,1H3. The molecule has 6 heteroatoms. The smallest absolute Gasteiger partial charge is 0.125 e. The number of fused-ring (bicyclic) bond motifs is 1. The number of rotatable bonds is 3. The lowest BCUT2D eigenvalue weighted by Gasteiger charge is -2.05. The number of alkyl halides is 1. The van der Waals surface area contributed by atoms with Gasteiger partial charge in [-0.3, -0.25) is 0 Å². The van der Waals surface area contributed by atoms with Crippen molar-refractivity contribution < 1.29 is 4.39 Å². The number of benzene rings is 1. The molecule has 1 aromatic carbocycles. The first kappa shape index (κ1) is 12.6. The molecule has 0 fully saturated rings. The van der Waals surface area contributed by atoms with Gasteiger partial charge in [-0.1, -0.05) is 0 Å². The number of halogens is 2. The van der Waals surface area contributed by atoms with Crippen LogP contribution in [0, 0.1) is 12.7 Å². The summed E-state index contributed by atoms with van der Waals surface area (Å²) in [5, 5.41) is 2.96. The van der Waals surface area contributed by atoms with E-state index in [-0.39, 0.29) is 5.82 Å². The highest BCUT2D eigenvalue weighted by atomic mass is 35.5. The van der Waals surface area contributed by atoms with E-state index >= 15 is 0 Å². The normalized spacial score (nSPS) is 11.3. The van der Waals surface area contributed by atoms with Crippen molar-refractivity contribution in [1.82, 2.24) is 14.5 Å². The summed E-state index contributed by atoms with van der Waals surface area (Å²) in [4.78, 5) is 8.84. The van der Waals surface area contributed by atoms with Gasteiger partial charge >= 0.3 is 0 Å². The summed E-state index contributed by atoms with van der Waals surface area (Å²) in [5.74, 6) is 0.751. The van der Waals surface area contributed by atoms with Crippen molar-refractivity contribution in [2.24, 2.45) is 0 Å². The molecular weight excluding hydrogens is 285 g/mol. The molecule has 19 heavy (non-hydrogen) atoms. The maximum Gasteiger partial charge on any atom is 0.125 e. The highest BCUT2D eigenvalue weighted by Crippen LogP contribution is 2.21. The molecule has 0 radical (unpaired) electrons. The van der Waals surface area contributed by atoms with Gasteiger partial charge in [-0.25, -0.2) is 14.4 Å². The van der Waals surface area contributed by atoms with Crippen LogP contribution in [0.4, 0.5) is 4.39 Å². The number of imidazole rings is 1. The summed E-state index contributed by atoms with van der Waals surface area (Å²) in [7, 11) is 0. The first-order chi connectivity index (χ1) is 9.17. The van der Waals surface area contributed by atoms with Gasteiger partial charge < -0.3 is 4.57 Å². The van der Waals surface area contributed by atoms with E-state index in [1.54, 1.807) is 17.4 Å². The number of hydrogen-bond acceptors (Lipinski definition) is 3. The minimum Gasteiger partial charge on any atom is -0.320 e. The second kappa shape index (κ2) is 4.90. The van der Waals surface area contributed by atoms with Gasteiger partial charge in [-0.05, 0) is 25.1 Å². The average Bonchev–Trinajstić information content (AvgIpc) is 2.94.